The van der Waals surface area contributed by atoms with Gasteiger partial charge in [-0.05, 0) is 31.7 Å². The van der Waals surface area contributed by atoms with Gasteiger partial charge >= 0.3 is 0 Å². The second-order valence-electron chi connectivity index (χ2n) is 4.38. The van der Waals surface area contributed by atoms with E-state index in [9.17, 15) is 4.48 Å². The molecule has 1 aliphatic heterocycles. The monoisotopic (exact) mass is 202 g/mol. The molecule has 1 N–H and O–H groups in total. The lowest BCUT2D eigenvalue weighted by Crippen LogP contribution is -2.30. The van der Waals surface area contributed by atoms with Crippen molar-refractivity contribution in [1.29, 1.82) is 0 Å². The Morgan fingerprint density at radius 3 is 2.79 bits per heavy atom. The van der Waals surface area contributed by atoms with E-state index >= 15 is 0 Å². The molecule has 1 heterocycles. The highest BCUT2D eigenvalue weighted by molar-refractivity contribution is 4.80. The summed E-state index contributed by atoms with van der Waals surface area (Å²) in [5.74, 6) is 0.717. The molecule has 3 heteroatoms. The summed E-state index contributed by atoms with van der Waals surface area (Å²) >= 11 is 0. The number of nitrogens with one attached hydrogen (secondary N) is 1. The van der Waals surface area contributed by atoms with E-state index < -0.39 is 0 Å². The standard InChI is InChI=1S/C11H23FN2/c1-3-4-8-14(12)9-6-11-10(2)5-7-13-11/h10-11,13H,3-9H2,1-2H3. The van der Waals surface area contributed by atoms with E-state index in [0.29, 0.717) is 19.1 Å². The van der Waals surface area contributed by atoms with Crippen molar-refractivity contribution in [3.63, 3.8) is 0 Å². The SMILES string of the molecule is CCCCN(F)CCC1NCCC1C. The molecular weight excluding hydrogens is 179 g/mol. The molecule has 84 valence electrons. The van der Waals surface area contributed by atoms with Crippen molar-refractivity contribution in [3.05, 3.63) is 0 Å². The molecule has 14 heavy (non-hydrogen) atoms. The van der Waals surface area contributed by atoms with Gasteiger partial charge in [0.1, 0.15) is 0 Å². The first-order chi connectivity index (χ1) is 6.74. The van der Waals surface area contributed by atoms with Crippen LogP contribution in [0, 0.1) is 5.92 Å². The number of unbranched alkanes of at least 4 members (excludes halogenated alkanes) is 1. The molecule has 0 amide bonds. The van der Waals surface area contributed by atoms with E-state index in [1.54, 1.807) is 0 Å². The van der Waals surface area contributed by atoms with Crippen LogP contribution in [0.25, 0.3) is 0 Å². The van der Waals surface area contributed by atoms with E-state index in [-0.39, 0.29) is 0 Å². The number of rotatable bonds is 6. The van der Waals surface area contributed by atoms with Crippen molar-refractivity contribution >= 4 is 0 Å². The average Bonchev–Trinajstić information content (AvgIpc) is 2.58. The van der Waals surface area contributed by atoms with Gasteiger partial charge < -0.3 is 5.32 Å². The number of hydrogen-bond donors (Lipinski definition) is 1. The molecule has 2 nitrogen and oxygen atoms in total. The minimum atomic E-state index is 0.537. The lowest BCUT2D eigenvalue weighted by atomic mass is 10.0. The molecule has 2 atom stereocenters. The van der Waals surface area contributed by atoms with Crippen LogP contribution in [0.2, 0.25) is 0 Å². The molecule has 0 aromatic rings. The zero-order chi connectivity index (χ0) is 10.4. The Hall–Kier alpha value is -0.150. The predicted molar refractivity (Wildman–Crippen MR) is 57.8 cm³/mol. The number of halogens is 1. The second kappa shape index (κ2) is 6.36. The quantitative estimate of drug-likeness (QED) is 0.665. The van der Waals surface area contributed by atoms with Crippen LogP contribution in [0.4, 0.5) is 4.48 Å². The number of hydrogen-bond acceptors (Lipinski definition) is 2. The lowest BCUT2D eigenvalue weighted by molar-refractivity contribution is 0.0194. The summed E-state index contributed by atoms with van der Waals surface area (Å²) in [7, 11) is 0. The van der Waals surface area contributed by atoms with Crippen LogP contribution in [-0.4, -0.2) is 30.8 Å². The summed E-state index contributed by atoms with van der Waals surface area (Å²) in [4.78, 5) is 0. The van der Waals surface area contributed by atoms with Gasteiger partial charge in [0, 0.05) is 19.1 Å². The van der Waals surface area contributed by atoms with Crippen LogP contribution in [0.1, 0.15) is 39.5 Å². The van der Waals surface area contributed by atoms with Crippen LogP contribution in [-0.2, 0) is 0 Å². The first kappa shape index (κ1) is 11.9. The molecule has 1 aliphatic rings. The van der Waals surface area contributed by atoms with E-state index in [4.69, 9.17) is 0 Å². The molecule has 0 aromatic carbocycles. The fraction of sp³-hybridized carbons (Fsp3) is 1.00. The van der Waals surface area contributed by atoms with Gasteiger partial charge in [0.15, 0.2) is 0 Å². The molecule has 1 saturated heterocycles. The van der Waals surface area contributed by atoms with Crippen LogP contribution in [0.3, 0.4) is 0 Å². The molecule has 2 unspecified atom stereocenters. The van der Waals surface area contributed by atoms with E-state index in [0.717, 1.165) is 36.8 Å². The summed E-state index contributed by atoms with van der Waals surface area (Å²) in [5, 5.41) is 4.39. The zero-order valence-electron chi connectivity index (χ0n) is 9.43. The molecule has 0 aromatic heterocycles. The van der Waals surface area contributed by atoms with Gasteiger partial charge in [0.05, 0.1) is 0 Å². The maximum atomic E-state index is 13.2. The van der Waals surface area contributed by atoms with Crippen molar-refractivity contribution in [3.8, 4) is 0 Å². The van der Waals surface area contributed by atoms with Crippen LogP contribution in [0.15, 0.2) is 0 Å². The Morgan fingerprint density at radius 2 is 2.21 bits per heavy atom. The summed E-state index contributed by atoms with van der Waals surface area (Å²) in [5.41, 5.74) is 0. The summed E-state index contributed by atoms with van der Waals surface area (Å²) in [6.45, 7) is 6.63. The second-order valence-corrected chi connectivity index (χ2v) is 4.38. The molecule has 0 aliphatic carbocycles. The summed E-state index contributed by atoms with van der Waals surface area (Å²) in [6, 6.07) is 0.537. The topological polar surface area (TPSA) is 15.3 Å². The zero-order valence-corrected chi connectivity index (χ0v) is 9.43. The van der Waals surface area contributed by atoms with Gasteiger partial charge in [-0.1, -0.05) is 20.3 Å². The Bertz CT molecular complexity index is 152. The fourth-order valence-corrected chi connectivity index (χ4v) is 2.01. The van der Waals surface area contributed by atoms with Gasteiger partial charge in [-0.15, -0.1) is 9.60 Å². The molecule has 1 fully saturated rings. The highest BCUT2D eigenvalue weighted by atomic mass is 19.2. The normalized spacial score (nSPS) is 27.4. The third-order valence-electron chi connectivity index (χ3n) is 3.13. The fourth-order valence-electron chi connectivity index (χ4n) is 2.01. The molecule has 0 spiro atoms. The Labute approximate surface area is 86.8 Å². The minimum absolute atomic E-state index is 0.537. The molecule has 1 rings (SSSR count). The van der Waals surface area contributed by atoms with E-state index in [1.165, 1.54) is 6.42 Å². The van der Waals surface area contributed by atoms with E-state index in [2.05, 4.69) is 19.2 Å². The lowest BCUT2D eigenvalue weighted by Gasteiger charge is -2.18. The van der Waals surface area contributed by atoms with Crippen LogP contribution in [0.5, 0.6) is 0 Å². The molecule has 0 radical (unpaired) electrons. The maximum absolute atomic E-state index is 13.2. The van der Waals surface area contributed by atoms with E-state index in [1.807, 2.05) is 0 Å². The summed E-state index contributed by atoms with van der Waals surface area (Å²) < 4.78 is 13.2. The first-order valence-corrected chi connectivity index (χ1v) is 5.88. The Balaban J connectivity index is 2.07. The van der Waals surface area contributed by atoms with Crippen LogP contribution < -0.4 is 5.32 Å². The van der Waals surface area contributed by atoms with Crippen molar-refractivity contribution < 1.29 is 4.48 Å². The van der Waals surface area contributed by atoms with Crippen LogP contribution >= 0.6 is 0 Å². The highest BCUT2D eigenvalue weighted by Gasteiger charge is 2.22. The van der Waals surface area contributed by atoms with Gasteiger partial charge in [0.25, 0.3) is 0 Å². The smallest absolute Gasteiger partial charge is 0.0305 e. The highest BCUT2D eigenvalue weighted by Crippen LogP contribution is 2.17. The van der Waals surface area contributed by atoms with Gasteiger partial charge in [0.2, 0.25) is 0 Å². The third-order valence-corrected chi connectivity index (χ3v) is 3.13. The molecule has 0 bridgehead atoms. The first-order valence-electron chi connectivity index (χ1n) is 5.88. The van der Waals surface area contributed by atoms with Gasteiger partial charge in [-0.25, -0.2) is 0 Å². The van der Waals surface area contributed by atoms with Crippen molar-refractivity contribution in [2.75, 3.05) is 19.6 Å². The molecule has 0 saturated carbocycles. The van der Waals surface area contributed by atoms with Crippen molar-refractivity contribution in [1.82, 2.24) is 10.4 Å². The van der Waals surface area contributed by atoms with Gasteiger partial charge in [-0.2, -0.15) is 0 Å². The Morgan fingerprint density at radius 1 is 1.43 bits per heavy atom. The molecular formula is C11H23FN2. The van der Waals surface area contributed by atoms with Crippen molar-refractivity contribution in [2.45, 2.75) is 45.6 Å². The number of nitrogens with zero attached hydrogens (tertiary/aromatic N) is 1. The maximum Gasteiger partial charge on any atom is 0.0305 e. The largest absolute Gasteiger partial charge is 0.314 e. The van der Waals surface area contributed by atoms with Crippen molar-refractivity contribution in [2.24, 2.45) is 5.92 Å². The summed E-state index contributed by atoms with van der Waals surface area (Å²) in [6.07, 6.45) is 4.22. The van der Waals surface area contributed by atoms with Gasteiger partial charge in [-0.3, -0.25) is 0 Å². The minimum Gasteiger partial charge on any atom is -0.314 e. The third kappa shape index (κ3) is 3.93. The average molecular weight is 202 g/mol. The Kier molecular flexibility index (Phi) is 5.41. The predicted octanol–water partition coefficient (Wildman–Crippen LogP) is 2.36.